The van der Waals surface area contributed by atoms with Gasteiger partial charge >= 0.3 is 0 Å². The van der Waals surface area contributed by atoms with Crippen LogP contribution in [0, 0.1) is 6.92 Å². The Kier molecular flexibility index (Phi) is 1.97. The maximum atomic E-state index is 11.8. The van der Waals surface area contributed by atoms with Gasteiger partial charge in [-0.1, -0.05) is 19.9 Å². The average Bonchev–Trinajstić information content (AvgIpc) is 2.68. The highest BCUT2D eigenvalue weighted by molar-refractivity contribution is 6.52. The Hall–Kier alpha value is -1.64. The molecule has 1 amide bonds. The van der Waals surface area contributed by atoms with Crippen molar-refractivity contribution in [1.29, 1.82) is 0 Å². The number of anilines is 1. The summed E-state index contributed by atoms with van der Waals surface area (Å²) in [4.78, 5) is 23.3. The zero-order chi connectivity index (χ0) is 12.3. The van der Waals surface area contributed by atoms with Crippen molar-refractivity contribution in [3.05, 3.63) is 28.3 Å². The van der Waals surface area contributed by atoms with Crippen LogP contribution in [-0.2, 0) is 4.79 Å². The van der Waals surface area contributed by atoms with E-state index in [1.807, 2.05) is 6.92 Å². The normalized spacial score (nSPS) is 25.8. The molecule has 3 nitrogen and oxygen atoms in total. The van der Waals surface area contributed by atoms with Gasteiger partial charge in [-0.3, -0.25) is 9.59 Å². The fourth-order valence-corrected chi connectivity index (χ4v) is 3.28. The lowest BCUT2D eigenvalue weighted by atomic mass is 9.93. The molecule has 17 heavy (non-hydrogen) atoms. The number of nitrogens with one attached hydrogen (secondary N) is 1. The van der Waals surface area contributed by atoms with E-state index in [2.05, 4.69) is 25.2 Å². The molecule has 2 unspecified atom stereocenters. The Morgan fingerprint density at radius 3 is 2.65 bits per heavy atom. The van der Waals surface area contributed by atoms with E-state index in [1.54, 1.807) is 0 Å². The van der Waals surface area contributed by atoms with E-state index in [-0.39, 0.29) is 5.78 Å². The zero-order valence-electron chi connectivity index (χ0n) is 10.3. The van der Waals surface area contributed by atoms with Crippen LogP contribution in [-0.4, -0.2) is 11.7 Å². The van der Waals surface area contributed by atoms with Crippen LogP contribution < -0.4 is 5.32 Å². The Labute approximate surface area is 100 Å². The van der Waals surface area contributed by atoms with Crippen molar-refractivity contribution in [2.45, 2.75) is 39.0 Å². The molecule has 1 aromatic rings. The van der Waals surface area contributed by atoms with Gasteiger partial charge in [-0.15, -0.1) is 0 Å². The number of carbonyl (C=O) groups is 2. The molecule has 2 atom stereocenters. The predicted molar refractivity (Wildman–Crippen MR) is 65.6 cm³/mol. The molecule has 1 heterocycles. The number of hydrogen-bond donors (Lipinski definition) is 1. The SMILES string of the molecule is Cc1cc2c(c3c1C(=O)C(=O)N3)C(C)CC2C. The first-order valence-corrected chi connectivity index (χ1v) is 6.03. The van der Waals surface area contributed by atoms with Crippen molar-refractivity contribution in [1.82, 2.24) is 0 Å². The lowest BCUT2D eigenvalue weighted by Crippen LogP contribution is -2.13. The van der Waals surface area contributed by atoms with Crippen LogP contribution in [0.1, 0.15) is 59.2 Å². The fraction of sp³-hybridized carbons (Fsp3) is 0.429. The Balaban J connectivity index is 2.33. The van der Waals surface area contributed by atoms with Gasteiger partial charge in [0, 0.05) is 0 Å². The summed E-state index contributed by atoms with van der Waals surface area (Å²) in [5.41, 5.74) is 4.77. The third-order valence-corrected chi connectivity index (χ3v) is 4.00. The molecule has 3 rings (SSSR count). The van der Waals surface area contributed by atoms with E-state index < -0.39 is 5.91 Å². The number of amides is 1. The Morgan fingerprint density at radius 1 is 1.24 bits per heavy atom. The van der Waals surface area contributed by atoms with Gasteiger partial charge in [0.05, 0.1) is 11.3 Å². The summed E-state index contributed by atoms with van der Waals surface area (Å²) in [5.74, 6) is 0.0625. The third-order valence-electron chi connectivity index (χ3n) is 4.00. The molecule has 1 aliphatic carbocycles. The summed E-state index contributed by atoms with van der Waals surface area (Å²) in [6.07, 6.45) is 1.09. The Bertz CT molecular complexity index is 560. The molecule has 1 aliphatic heterocycles. The average molecular weight is 229 g/mol. The molecule has 0 bridgehead atoms. The smallest absolute Gasteiger partial charge is 0.296 e. The van der Waals surface area contributed by atoms with Crippen LogP contribution in [0.25, 0.3) is 0 Å². The number of hydrogen-bond acceptors (Lipinski definition) is 2. The number of ketones is 1. The summed E-state index contributed by atoms with van der Waals surface area (Å²) in [7, 11) is 0. The number of rotatable bonds is 0. The minimum Gasteiger partial charge on any atom is -0.318 e. The van der Waals surface area contributed by atoms with Crippen molar-refractivity contribution >= 4 is 17.4 Å². The van der Waals surface area contributed by atoms with Gasteiger partial charge < -0.3 is 5.32 Å². The van der Waals surface area contributed by atoms with Gasteiger partial charge in [0.25, 0.3) is 11.7 Å². The van der Waals surface area contributed by atoms with Crippen LogP contribution >= 0.6 is 0 Å². The predicted octanol–water partition coefficient (Wildman–Crippen LogP) is 2.74. The van der Waals surface area contributed by atoms with Crippen LogP contribution in [0.3, 0.4) is 0 Å². The van der Waals surface area contributed by atoms with E-state index in [0.717, 1.165) is 17.7 Å². The number of fused-ring (bicyclic) bond motifs is 3. The van der Waals surface area contributed by atoms with Crippen LogP contribution in [0.15, 0.2) is 6.07 Å². The molecule has 0 saturated carbocycles. The molecule has 88 valence electrons. The zero-order valence-corrected chi connectivity index (χ0v) is 10.3. The van der Waals surface area contributed by atoms with Gasteiger partial charge in [-0.25, -0.2) is 0 Å². The molecule has 3 heteroatoms. The number of Topliss-reactive ketones (excluding diaryl/α,β-unsaturated/α-hetero) is 1. The fourth-order valence-electron chi connectivity index (χ4n) is 3.28. The van der Waals surface area contributed by atoms with Crippen LogP contribution in [0.2, 0.25) is 0 Å². The number of aryl methyl sites for hydroxylation is 1. The van der Waals surface area contributed by atoms with Crippen LogP contribution in [0.5, 0.6) is 0 Å². The summed E-state index contributed by atoms with van der Waals surface area (Å²) in [5, 5.41) is 2.75. The topological polar surface area (TPSA) is 46.2 Å². The number of carbonyl (C=O) groups excluding carboxylic acids is 2. The van der Waals surface area contributed by atoms with Crippen molar-refractivity contribution in [2.24, 2.45) is 0 Å². The standard InChI is InChI=1S/C14H15NO2/c1-6-4-7(2)10-9(6)5-8(3)11-12(10)15-14(17)13(11)16/h5-7H,4H2,1-3H3,(H,15,16,17). The minimum atomic E-state index is -0.483. The number of benzene rings is 1. The lowest BCUT2D eigenvalue weighted by Gasteiger charge is -2.12. The molecule has 2 aliphatic rings. The maximum Gasteiger partial charge on any atom is 0.296 e. The molecule has 0 spiro atoms. The highest BCUT2D eigenvalue weighted by atomic mass is 16.2. The largest absolute Gasteiger partial charge is 0.318 e. The van der Waals surface area contributed by atoms with Gasteiger partial charge in [0.15, 0.2) is 0 Å². The second kappa shape index (κ2) is 3.19. The minimum absolute atomic E-state index is 0.382. The van der Waals surface area contributed by atoms with Gasteiger partial charge in [0.1, 0.15) is 0 Å². The lowest BCUT2D eigenvalue weighted by molar-refractivity contribution is -0.112. The molecular weight excluding hydrogens is 214 g/mol. The monoisotopic (exact) mass is 229 g/mol. The first-order chi connectivity index (χ1) is 8.00. The quantitative estimate of drug-likeness (QED) is 0.695. The van der Waals surface area contributed by atoms with Crippen molar-refractivity contribution in [3.8, 4) is 0 Å². The van der Waals surface area contributed by atoms with E-state index >= 15 is 0 Å². The highest BCUT2D eigenvalue weighted by Crippen LogP contribution is 2.48. The highest BCUT2D eigenvalue weighted by Gasteiger charge is 2.37. The summed E-state index contributed by atoms with van der Waals surface area (Å²) in [6.45, 7) is 6.27. The molecule has 0 saturated heterocycles. The van der Waals surface area contributed by atoms with E-state index in [1.165, 1.54) is 11.1 Å². The van der Waals surface area contributed by atoms with Crippen molar-refractivity contribution in [2.75, 3.05) is 5.32 Å². The molecule has 0 fully saturated rings. The Morgan fingerprint density at radius 2 is 1.94 bits per heavy atom. The van der Waals surface area contributed by atoms with E-state index in [4.69, 9.17) is 0 Å². The van der Waals surface area contributed by atoms with Crippen LogP contribution in [0.4, 0.5) is 5.69 Å². The first kappa shape index (κ1) is 10.5. The summed E-state index contributed by atoms with van der Waals surface area (Å²) in [6, 6.07) is 2.08. The second-order valence-corrected chi connectivity index (χ2v) is 5.27. The van der Waals surface area contributed by atoms with Gasteiger partial charge in [0.2, 0.25) is 0 Å². The van der Waals surface area contributed by atoms with Gasteiger partial charge in [-0.2, -0.15) is 0 Å². The van der Waals surface area contributed by atoms with E-state index in [0.29, 0.717) is 17.4 Å². The van der Waals surface area contributed by atoms with Gasteiger partial charge in [-0.05, 0) is 41.9 Å². The second-order valence-electron chi connectivity index (χ2n) is 5.27. The van der Waals surface area contributed by atoms with E-state index in [9.17, 15) is 9.59 Å². The molecular formula is C14H15NO2. The third kappa shape index (κ3) is 1.22. The maximum absolute atomic E-state index is 11.8. The van der Waals surface area contributed by atoms with Crippen molar-refractivity contribution in [3.63, 3.8) is 0 Å². The first-order valence-electron chi connectivity index (χ1n) is 6.03. The summed E-state index contributed by atoms with van der Waals surface area (Å²) < 4.78 is 0. The summed E-state index contributed by atoms with van der Waals surface area (Å²) >= 11 is 0. The molecule has 0 radical (unpaired) electrons. The molecule has 1 aromatic carbocycles. The molecule has 0 aromatic heterocycles. The molecule has 1 N–H and O–H groups in total. The van der Waals surface area contributed by atoms with Crippen molar-refractivity contribution < 1.29 is 9.59 Å².